The van der Waals surface area contributed by atoms with Crippen LogP contribution in [0.4, 0.5) is 4.79 Å². The Morgan fingerprint density at radius 2 is 1.52 bits per heavy atom. The number of hydrogen-bond donors (Lipinski definition) is 1. The molecule has 0 aliphatic carbocycles. The van der Waals surface area contributed by atoms with Crippen LogP contribution in [0, 0.1) is 11.8 Å². The van der Waals surface area contributed by atoms with Crippen molar-refractivity contribution in [2.24, 2.45) is 11.8 Å². The van der Waals surface area contributed by atoms with Crippen molar-refractivity contribution in [1.82, 2.24) is 4.90 Å². The second-order valence-corrected chi connectivity index (χ2v) is 8.36. The van der Waals surface area contributed by atoms with Gasteiger partial charge >= 0.3 is 6.09 Å². The number of amides is 1. The van der Waals surface area contributed by atoms with E-state index in [1.807, 2.05) is 80.6 Å². The minimum absolute atomic E-state index is 0.140. The van der Waals surface area contributed by atoms with Gasteiger partial charge in [-0.1, -0.05) is 94.4 Å². The Kier molecular flexibility index (Phi) is 6.43. The summed E-state index contributed by atoms with van der Waals surface area (Å²) in [6.45, 7) is 8.18. The molecule has 0 bridgehead atoms. The molecule has 4 heteroatoms. The molecule has 1 fully saturated rings. The summed E-state index contributed by atoms with van der Waals surface area (Å²) in [5.41, 5.74) is 1.02. The van der Waals surface area contributed by atoms with Crippen LogP contribution < -0.4 is 0 Å². The van der Waals surface area contributed by atoms with Crippen LogP contribution in [0.5, 0.6) is 0 Å². The number of hydrogen-bond acceptors (Lipinski definition) is 3. The van der Waals surface area contributed by atoms with Crippen LogP contribution in [-0.2, 0) is 10.3 Å². The molecule has 2 aromatic rings. The van der Waals surface area contributed by atoms with Crippen molar-refractivity contribution in [3.8, 4) is 0 Å². The first-order chi connectivity index (χ1) is 13.9. The number of carbonyl (C=O) groups excluding carboxylic acids is 1. The fourth-order valence-electron chi connectivity index (χ4n) is 4.09. The number of aliphatic hydroxyl groups is 1. The Morgan fingerprint density at radius 3 is 1.97 bits per heavy atom. The molecule has 1 aliphatic rings. The summed E-state index contributed by atoms with van der Waals surface area (Å²) in [6.07, 6.45) is 3.34. The molecule has 1 heterocycles. The van der Waals surface area contributed by atoms with Crippen LogP contribution in [-0.4, -0.2) is 28.2 Å². The molecule has 0 aromatic heterocycles. The highest BCUT2D eigenvalue weighted by Gasteiger charge is 2.56. The lowest BCUT2D eigenvalue weighted by molar-refractivity contribution is 0.0562. The van der Waals surface area contributed by atoms with Gasteiger partial charge in [0.1, 0.15) is 0 Å². The van der Waals surface area contributed by atoms with Crippen LogP contribution in [0.15, 0.2) is 72.9 Å². The summed E-state index contributed by atoms with van der Waals surface area (Å²) in [5, 5.41) is 10.1. The van der Waals surface area contributed by atoms with Crippen molar-refractivity contribution in [2.75, 3.05) is 0 Å². The van der Waals surface area contributed by atoms with Gasteiger partial charge in [-0.25, -0.2) is 4.79 Å². The maximum absolute atomic E-state index is 13.1. The molecule has 29 heavy (non-hydrogen) atoms. The van der Waals surface area contributed by atoms with Crippen molar-refractivity contribution in [1.29, 1.82) is 0 Å². The molecule has 0 unspecified atom stereocenters. The first kappa shape index (κ1) is 21.1. The Balaban J connectivity index is 2.07. The van der Waals surface area contributed by atoms with E-state index in [0.717, 1.165) is 11.1 Å². The highest BCUT2D eigenvalue weighted by Crippen LogP contribution is 2.47. The van der Waals surface area contributed by atoms with Gasteiger partial charge in [0.2, 0.25) is 0 Å². The molecule has 1 aliphatic heterocycles. The molecule has 1 saturated heterocycles. The van der Waals surface area contributed by atoms with Gasteiger partial charge in [0.25, 0.3) is 0 Å². The summed E-state index contributed by atoms with van der Waals surface area (Å²) in [6, 6.07) is 19.7. The smallest absolute Gasteiger partial charge is 0.415 e. The molecule has 3 rings (SSSR count). The van der Waals surface area contributed by atoms with Crippen LogP contribution in [0.25, 0.3) is 0 Å². The predicted octanol–water partition coefficient (Wildman–Crippen LogP) is 5.33. The minimum Gasteiger partial charge on any atom is -0.430 e. The second-order valence-electron chi connectivity index (χ2n) is 8.36. The Labute approximate surface area is 173 Å². The summed E-state index contributed by atoms with van der Waals surface area (Å²) >= 11 is 0. The molecular weight excluding hydrogens is 362 g/mol. The van der Waals surface area contributed by atoms with Crippen LogP contribution in [0.3, 0.4) is 0 Å². The third-order valence-electron chi connectivity index (χ3n) is 5.63. The second kappa shape index (κ2) is 8.83. The molecule has 154 valence electrons. The van der Waals surface area contributed by atoms with E-state index in [1.54, 1.807) is 11.1 Å². The normalized spacial score (nSPS) is 19.9. The molecule has 1 N–H and O–H groups in total. The third kappa shape index (κ3) is 4.08. The Morgan fingerprint density at radius 1 is 1.00 bits per heavy atom. The van der Waals surface area contributed by atoms with Crippen LogP contribution in [0.2, 0.25) is 0 Å². The first-order valence-electron chi connectivity index (χ1n) is 10.3. The van der Waals surface area contributed by atoms with Crippen molar-refractivity contribution in [3.05, 3.63) is 84.1 Å². The molecule has 4 nitrogen and oxygen atoms in total. The topological polar surface area (TPSA) is 49.8 Å². The zero-order valence-corrected chi connectivity index (χ0v) is 17.7. The van der Waals surface area contributed by atoms with E-state index >= 15 is 0 Å². The number of carbonyl (C=O) groups is 1. The van der Waals surface area contributed by atoms with Gasteiger partial charge in [-0.15, -0.1) is 0 Å². The zero-order chi connectivity index (χ0) is 21.0. The Hall–Kier alpha value is -2.59. The number of aliphatic hydroxyl groups excluding tert-OH is 1. The van der Waals surface area contributed by atoms with Crippen LogP contribution in [0.1, 0.15) is 45.2 Å². The molecular formula is C25H31NO3. The van der Waals surface area contributed by atoms with Crippen molar-refractivity contribution in [2.45, 2.75) is 51.9 Å². The van der Waals surface area contributed by atoms with Gasteiger partial charge in [-0.2, -0.15) is 0 Å². The van der Waals surface area contributed by atoms with Crippen LogP contribution >= 0.6 is 0 Å². The fourth-order valence-corrected chi connectivity index (χ4v) is 4.09. The van der Waals surface area contributed by atoms with Gasteiger partial charge in [0.15, 0.2) is 5.60 Å². The average Bonchev–Trinajstić information content (AvgIpc) is 3.02. The third-order valence-corrected chi connectivity index (χ3v) is 5.63. The lowest BCUT2D eigenvalue weighted by Gasteiger charge is -2.37. The summed E-state index contributed by atoms with van der Waals surface area (Å²) in [5.74, 6) is 0.306. The summed E-state index contributed by atoms with van der Waals surface area (Å²) < 4.78 is 6.19. The number of rotatable bonds is 7. The predicted molar refractivity (Wildman–Crippen MR) is 115 cm³/mol. The number of benzene rings is 2. The summed E-state index contributed by atoms with van der Waals surface area (Å²) in [7, 11) is 0. The number of ether oxygens (including phenoxy) is 1. The van der Waals surface area contributed by atoms with E-state index in [-0.39, 0.29) is 24.0 Å². The van der Waals surface area contributed by atoms with Gasteiger partial charge < -0.3 is 9.84 Å². The highest BCUT2D eigenvalue weighted by molar-refractivity contribution is 5.75. The van der Waals surface area contributed by atoms with Gasteiger partial charge in [0, 0.05) is 17.3 Å². The maximum Gasteiger partial charge on any atom is 0.415 e. The van der Waals surface area contributed by atoms with E-state index in [0.29, 0.717) is 6.42 Å². The monoisotopic (exact) mass is 393 g/mol. The van der Waals surface area contributed by atoms with Crippen molar-refractivity contribution in [3.63, 3.8) is 0 Å². The van der Waals surface area contributed by atoms with E-state index < -0.39 is 11.7 Å². The number of nitrogens with zero attached hydrogens (tertiary/aromatic N) is 1. The van der Waals surface area contributed by atoms with Gasteiger partial charge in [0.05, 0.1) is 12.1 Å². The SMILES string of the molecule is CC(C)[C@@H]1N(/C=C/C[C@H](O)C(C)C)C(=O)OC1(c1ccccc1)c1ccccc1. The molecule has 0 spiro atoms. The molecule has 2 atom stereocenters. The standard InChI is InChI=1S/C25H31NO3/c1-18(2)22(27)16-11-17-26-23(19(3)4)25(29-24(26)28,20-12-7-5-8-13-20)21-14-9-6-10-15-21/h5-15,17-19,22-23,27H,16H2,1-4H3/b17-11+/t22-,23-/m0/s1. The Bertz CT molecular complexity index is 790. The first-order valence-corrected chi connectivity index (χ1v) is 10.3. The van der Waals surface area contributed by atoms with E-state index in [9.17, 15) is 9.90 Å². The van der Waals surface area contributed by atoms with E-state index in [2.05, 4.69) is 13.8 Å². The lowest BCUT2D eigenvalue weighted by atomic mass is 9.76. The largest absolute Gasteiger partial charge is 0.430 e. The molecule has 1 amide bonds. The highest BCUT2D eigenvalue weighted by atomic mass is 16.6. The average molecular weight is 394 g/mol. The molecule has 2 aromatic carbocycles. The van der Waals surface area contributed by atoms with E-state index in [1.165, 1.54) is 0 Å². The summed E-state index contributed by atoms with van der Waals surface area (Å²) in [4.78, 5) is 14.7. The quantitative estimate of drug-likeness (QED) is 0.692. The zero-order valence-electron chi connectivity index (χ0n) is 17.7. The number of cyclic esters (lactones) is 1. The van der Waals surface area contributed by atoms with E-state index in [4.69, 9.17) is 4.74 Å². The fraction of sp³-hybridized carbons (Fsp3) is 0.400. The van der Waals surface area contributed by atoms with Crippen molar-refractivity contribution < 1.29 is 14.6 Å². The van der Waals surface area contributed by atoms with Gasteiger partial charge in [-0.05, 0) is 18.3 Å². The minimum atomic E-state index is -0.894. The van der Waals surface area contributed by atoms with Crippen molar-refractivity contribution >= 4 is 6.09 Å². The molecule has 0 saturated carbocycles. The lowest BCUT2D eigenvalue weighted by Crippen LogP contribution is -2.46. The van der Waals surface area contributed by atoms with Gasteiger partial charge in [-0.3, -0.25) is 4.90 Å². The maximum atomic E-state index is 13.1. The molecule has 0 radical (unpaired) electrons.